The van der Waals surface area contributed by atoms with Crippen LogP contribution in [0.4, 0.5) is 8.78 Å². The van der Waals surface area contributed by atoms with Crippen LogP contribution in [0, 0.1) is 11.6 Å². The van der Waals surface area contributed by atoms with Gasteiger partial charge in [0.1, 0.15) is 11.6 Å². The van der Waals surface area contributed by atoms with E-state index in [1.807, 2.05) is 23.6 Å². The van der Waals surface area contributed by atoms with Crippen molar-refractivity contribution in [2.24, 2.45) is 0 Å². The van der Waals surface area contributed by atoms with Gasteiger partial charge in [-0.15, -0.1) is 0 Å². The molecule has 2 rings (SSSR count). The topological polar surface area (TPSA) is 8.17 Å². The quantitative estimate of drug-likeness (QED) is 0.777. The molecule has 1 aromatic carbocycles. The monoisotopic (exact) mass is 224 g/mol. The Kier molecular flexibility index (Phi) is 2.92. The Balaban J connectivity index is 2.39. The van der Waals surface area contributed by atoms with E-state index in [2.05, 4.69) is 0 Å². The number of rotatable bonds is 3. The molecular weight excluding hydrogens is 210 g/mol. The van der Waals surface area contributed by atoms with Crippen molar-refractivity contribution in [2.45, 2.75) is 6.54 Å². The molecule has 0 atom stereocenters. The number of hydrogen-bond donors (Lipinski definition) is 0. The number of aromatic nitrogens is 1. The molecule has 0 aliphatic carbocycles. The Morgan fingerprint density at radius 3 is 2.69 bits per heavy atom. The number of hydrogen-bond acceptors (Lipinski definition) is 1. The van der Waals surface area contributed by atoms with E-state index in [0.29, 0.717) is 11.9 Å². The summed E-state index contributed by atoms with van der Waals surface area (Å²) < 4.78 is 28.3. The fraction of sp³-hybridized carbons (Fsp3) is 0.333. The van der Waals surface area contributed by atoms with Crippen LogP contribution in [0.2, 0.25) is 0 Å². The van der Waals surface area contributed by atoms with Crippen molar-refractivity contribution < 1.29 is 8.78 Å². The summed E-state index contributed by atoms with van der Waals surface area (Å²) in [6, 6.07) is 4.20. The van der Waals surface area contributed by atoms with Gasteiger partial charge in [0.2, 0.25) is 0 Å². The van der Waals surface area contributed by atoms with Gasteiger partial charge in [-0.1, -0.05) is 0 Å². The summed E-state index contributed by atoms with van der Waals surface area (Å²) in [5.41, 5.74) is 0.737. The van der Waals surface area contributed by atoms with E-state index in [1.54, 1.807) is 6.07 Å². The van der Waals surface area contributed by atoms with Gasteiger partial charge in [0, 0.05) is 24.7 Å². The smallest absolute Gasteiger partial charge is 0.148 e. The van der Waals surface area contributed by atoms with Crippen LogP contribution in [0.15, 0.2) is 24.4 Å². The highest BCUT2D eigenvalue weighted by Gasteiger charge is 2.08. The lowest BCUT2D eigenvalue weighted by molar-refractivity contribution is 0.386. The van der Waals surface area contributed by atoms with Gasteiger partial charge in [-0.3, -0.25) is 0 Å². The predicted octanol–water partition coefficient (Wildman–Crippen LogP) is 2.48. The Morgan fingerprint density at radius 1 is 1.25 bits per heavy atom. The molecule has 16 heavy (non-hydrogen) atoms. The molecule has 0 N–H and O–H groups in total. The molecule has 0 aliphatic rings. The van der Waals surface area contributed by atoms with Crippen molar-refractivity contribution >= 4 is 10.9 Å². The minimum atomic E-state index is -0.406. The van der Waals surface area contributed by atoms with Crippen LogP contribution < -0.4 is 0 Å². The predicted molar refractivity (Wildman–Crippen MR) is 60.4 cm³/mol. The van der Waals surface area contributed by atoms with Crippen LogP contribution >= 0.6 is 0 Å². The Labute approximate surface area is 93.1 Å². The highest BCUT2D eigenvalue weighted by atomic mass is 19.1. The molecule has 2 nitrogen and oxygen atoms in total. The molecule has 1 heterocycles. The minimum absolute atomic E-state index is 0.346. The molecular formula is C12H14F2N2. The summed E-state index contributed by atoms with van der Waals surface area (Å²) in [6.07, 6.45) is 1.42. The number of likely N-dealkylation sites (N-methyl/N-ethyl adjacent to an activating group) is 1. The average Bonchev–Trinajstić information content (AvgIpc) is 2.53. The zero-order valence-electron chi connectivity index (χ0n) is 9.37. The highest BCUT2D eigenvalue weighted by Crippen LogP contribution is 2.21. The third-order valence-corrected chi connectivity index (χ3v) is 2.58. The Bertz CT molecular complexity index is 503. The first kappa shape index (κ1) is 11.1. The summed E-state index contributed by atoms with van der Waals surface area (Å²) in [7, 11) is 3.92. The van der Waals surface area contributed by atoms with Gasteiger partial charge >= 0.3 is 0 Å². The summed E-state index contributed by atoms with van der Waals surface area (Å²) in [5.74, 6) is -0.773. The van der Waals surface area contributed by atoms with Crippen LogP contribution in [0.3, 0.4) is 0 Å². The van der Waals surface area contributed by atoms with Crippen LogP contribution in [0.5, 0.6) is 0 Å². The van der Waals surface area contributed by atoms with Crippen molar-refractivity contribution in [3.63, 3.8) is 0 Å². The van der Waals surface area contributed by atoms with Crippen LogP contribution in [0.25, 0.3) is 10.9 Å². The van der Waals surface area contributed by atoms with E-state index in [4.69, 9.17) is 0 Å². The molecule has 0 saturated carbocycles. The number of fused-ring (bicyclic) bond motifs is 1. The van der Waals surface area contributed by atoms with Gasteiger partial charge < -0.3 is 9.47 Å². The van der Waals surface area contributed by atoms with Crippen LogP contribution in [-0.4, -0.2) is 30.1 Å². The second-order valence-electron chi connectivity index (χ2n) is 4.14. The molecule has 2 aromatic rings. The Morgan fingerprint density at radius 2 is 2.00 bits per heavy atom. The maximum absolute atomic E-state index is 13.5. The van der Waals surface area contributed by atoms with E-state index in [-0.39, 0.29) is 5.82 Å². The summed E-state index contributed by atoms with van der Waals surface area (Å²) in [4.78, 5) is 2.02. The van der Waals surface area contributed by atoms with Crippen molar-refractivity contribution in [3.05, 3.63) is 36.0 Å². The van der Waals surface area contributed by atoms with E-state index in [1.165, 1.54) is 18.3 Å². The first-order valence-corrected chi connectivity index (χ1v) is 5.16. The maximum Gasteiger partial charge on any atom is 0.148 e. The van der Waals surface area contributed by atoms with E-state index < -0.39 is 5.82 Å². The fourth-order valence-corrected chi connectivity index (χ4v) is 1.72. The van der Waals surface area contributed by atoms with Crippen molar-refractivity contribution in [1.29, 1.82) is 0 Å². The molecule has 0 spiro atoms. The molecule has 0 amide bonds. The van der Waals surface area contributed by atoms with E-state index >= 15 is 0 Å². The second kappa shape index (κ2) is 4.22. The summed E-state index contributed by atoms with van der Waals surface area (Å²) >= 11 is 0. The SMILES string of the molecule is CN(C)CCn1cc(F)c2cc(F)ccc21. The van der Waals surface area contributed by atoms with Crippen LogP contribution in [-0.2, 0) is 6.54 Å². The third kappa shape index (κ3) is 2.07. The summed E-state index contributed by atoms with van der Waals surface area (Å²) in [6.45, 7) is 1.51. The van der Waals surface area contributed by atoms with Crippen LogP contribution in [0.1, 0.15) is 0 Å². The molecule has 0 fully saturated rings. The Hall–Kier alpha value is -1.42. The summed E-state index contributed by atoms with van der Waals surface area (Å²) in [5, 5.41) is 0.346. The van der Waals surface area contributed by atoms with Gasteiger partial charge in [-0.2, -0.15) is 0 Å². The average molecular weight is 224 g/mol. The zero-order chi connectivity index (χ0) is 11.7. The molecule has 0 unspecified atom stereocenters. The molecule has 1 aromatic heterocycles. The van der Waals surface area contributed by atoms with Crippen molar-refractivity contribution in [2.75, 3.05) is 20.6 Å². The lowest BCUT2D eigenvalue weighted by atomic mass is 10.2. The van der Waals surface area contributed by atoms with E-state index in [0.717, 1.165) is 12.1 Å². The third-order valence-electron chi connectivity index (χ3n) is 2.58. The lowest BCUT2D eigenvalue weighted by Gasteiger charge is -2.10. The molecule has 0 bridgehead atoms. The first-order valence-electron chi connectivity index (χ1n) is 5.16. The molecule has 0 saturated heterocycles. The van der Waals surface area contributed by atoms with E-state index in [9.17, 15) is 8.78 Å². The zero-order valence-corrected chi connectivity index (χ0v) is 9.37. The van der Waals surface area contributed by atoms with Crippen molar-refractivity contribution in [1.82, 2.24) is 9.47 Å². The van der Waals surface area contributed by atoms with Gasteiger partial charge in [0.15, 0.2) is 0 Å². The second-order valence-corrected chi connectivity index (χ2v) is 4.14. The maximum atomic E-state index is 13.5. The van der Waals surface area contributed by atoms with Crippen molar-refractivity contribution in [3.8, 4) is 0 Å². The molecule has 0 aliphatic heterocycles. The van der Waals surface area contributed by atoms with Gasteiger partial charge in [0.05, 0.1) is 5.52 Å². The normalized spacial score (nSPS) is 11.6. The lowest BCUT2D eigenvalue weighted by Crippen LogP contribution is -2.17. The fourth-order valence-electron chi connectivity index (χ4n) is 1.72. The largest absolute Gasteiger partial charge is 0.343 e. The molecule has 86 valence electrons. The number of benzene rings is 1. The highest BCUT2D eigenvalue weighted by molar-refractivity contribution is 5.80. The van der Waals surface area contributed by atoms with Gasteiger partial charge in [0.25, 0.3) is 0 Å². The van der Waals surface area contributed by atoms with Gasteiger partial charge in [-0.25, -0.2) is 8.78 Å². The molecule has 4 heteroatoms. The van der Waals surface area contributed by atoms with Gasteiger partial charge in [-0.05, 0) is 32.3 Å². The number of nitrogens with zero attached hydrogens (tertiary/aromatic N) is 2. The first-order chi connectivity index (χ1) is 7.58. The standard InChI is InChI=1S/C12H14F2N2/c1-15(2)5-6-16-8-11(14)10-7-9(13)3-4-12(10)16/h3-4,7-8H,5-6H2,1-2H3. The molecule has 0 radical (unpaired) electrons. The minimum Gasteiger partial charge on any atom is -0.343 e. The number of halogens is 2.